The number of halogens is 1. The Kier molecular flexibility index (Phi) is 5.57. The van der Waals surface area contributed by atoms with Crippen LogP contribution < -0.4 is 10.6 Å². The molecule has 0 aliphatic carbocycles. The van der Waals surface area contributed by atoms with E-state index in [1.807, 2.05) is 0 Å². The fraction of sp³-hybridized carbons (Fsp3) is 0.364. The van der Waals surface area contributed by atoms with Crippen LogP contribution in [0.15, 0.2) is 22.8 Å². The molecule has 0 fully saturated rings. The molecule has 0 spiro atoms. The van der Waals surface area contributed by atoms with Gasteiger partial charge in [0.25, 0.3) is 5.91 Å². The van der Waals surface area contributed by atoms with E-state index in [1.165, 1.54) is 4.90 Å². The molecule has 0 unspecified atom stereocenters. The van der Waals surface area contributed by atoms with Crippen molar-refractivity contribution in [1.29, 1.82) is 0 Å². The number of rotatable bonds is 4. The molecule has 1 rings (SSSR count). The van der Waals surface area contributed by atoms with Gasteiger partial charge in [-0.05, 0) is 28.1 Å². The quantitative estimate of drug-likeness (QED) is 0.809. The fourth-order valence-electron chi connectivity index (χ4n) is 1.10. The predicted octanol–water partition coefficient (Wildman–Crippen LogP) is 0.845. The molecule has 7 heteroatoms. The first-order chi connectivity index (χ1) is 8.50. The minimum absolute atomic E-state index is 0.189. The summed E-state index contributed by atoms with van der Waals surface area (Å²) in [6.07, 6.45) is 1.56. The number of nitrogens with zero attached hydrogens (tertiary/aromatic N) is 2. The predicted molar refractivity (Wildman–Crippen MR) is 71.4 cm³/mol. The largest absolute Gasteiger partial charge is 0.349 e. The third-order valence-electron chi connectivity index (χ3n) is 2.05. The van der Waals surface area contributed by atoms with E-state index >= 15 is 0 Å². The molecule has 2 N–H and O–H groups in total. The van der Waals surface area contributed by atoms with Crippen molar-refractivity contribution in [2.24, 2.45) is 0 Å². The van der Waals surface area contributed by atoms with E-state index < -0.39 is 0 Å². The number of carbonyl (C=O) groups excluding carboxylic acids is 2. The van der Waals surface area contributed by atoms with Gasteiger partial charge in [0.2, 0.25) is 0 Å². The van der Waals surface area contributed by atoms with Crippen LogP contribution in [-0.2, 0) is 0 Å². The maximum atomic E-state index is 11.6. The molecule has 1 heterocycles. The Bertz CT molecular complexity index is 420. The molecule has 0 saturated carbocycles. The van der Waals surface area contributed by atoms with Gasteiger partial charge in [0.15, 0.2) is 0 Å². The zero-order chi connectivity index (χ0) is 13.5. The number of aromatic nitrogens is 1. The molecule has 18 heavy (non-hydrogen) atoms. The van der Waals surface area contributed by atoms with E-state index in [9.17, 15) is 9.59 Å². The van der Waals surface area contributed by atoms with Gasteiger partial charge in [0, 0.05) is 37.9 Å². The Labute approximate surface area is 114 Å². The molecule has 0 aliphatic heterocycles. The van der Waals surface area contributed by atoms with Crippen LogP contribution in [0.5, 0.6) is 0 Å². The summed E-state index contributed by atoms with van der Waals surface area (Å²) in [6, 6.07) is 3.18. The molecule has 1 aromatic rings. The first-order valence-electron chi connectivity index (χ1n) is 5.35. The van der Waals surface area contributed by atoms with Gasteiger partial charge in [-0.2, -0.15) is 0 Å². The van der Waals surface area contributed by atoms with Crippen LogP contribution in [0.25, 0.3) is 0 Å². The second kappa shape index (κ2) is 6.95. The highest BCUT2D eigenvalue weighted by Gasteiger charge is 2.06. The monoisotopic (exact) mass is 314 g/mol. The molecule has 0 aliphatic rings. The van der Waals surface area contributed by atoms with Crippen molar-refractivity contribution in [2.45, 2.75) is 0 Å². The van der Waals surface area contributed by atoms with Crippen LogP contribution in [0.1, 0.15) is 10.5 Å². The molecule has 0 radical (unpaired) electrons. The van der Waals surface area contributed by atoms with Gasteiger partial charge in [-0.15, -0.1) is 0 Å². The van der Waals surface area contributed by atoms with Crippen LogP contribution >= 0.6 is 15.9 Å². The van der Waals surface area contributed by atoms with Crippen molar-refractivity contribution in [2.75, 3.05) is 27.2 Å². The average molecular weight is 315 g/mol. The van der Waals surface area contributed by atoms with E-state index in [-0.39, 0.29) is 11.9 Å². The smallest absolute Gasteiger partial charge is 0.316 e. The Balaban J connectivity index is 2.29. The maximum Gasteiger partial charge on any atom is 0.316 e. The molecule has 0 atom stereocenters. The molecule has 98 valence electrons. The molecular weight excluding hydrogens is 300 g/mol. The minimum atomic E-state index is -0.262. The van der Waals surface area contributed by atoms with Crippen LogP contribution in [-0.4, -0.2) is 49.0 Å². The van der Waals surface area contributed by atoms with Crippen LogP contribution in [0.2, 0.25) is 0 Å². The number of urea groups is 1. The van der Waals surface area contributed by atoms with E-state index in [2.05, 4.69) is 31.5 Å². The summed E-state index contributed by atoms with van der Waals surface area (Å²) in [6.45, 7) is 0.732. The molecular formula is C11H15BrN4O2. The number of nitrogens with one attached hydrogen (secondary N) is 2. The second-order valence-corrected chi connectivity index (χ2v) is 4.66. The molecule has 0 saturated heterocycles. The SMILES string of the molecule is CN(C)C(=O)NCCNC(=O)c1ccc(Br)cn1. The fourth-order valence-corrected chi connectivity index (χ4v) is 1.34. The summed E-state index contributed by atoms with van der Waals surface area (Å²) < 4.78 is 0.817. The Hall–Kier alpha value is -1.63. The summed E-state index contributed by atoms with van der Waals surface area (Å²) in [5, 5.41) is 5.31. The Morgan fingerprint density at radius 3 is 2.50 bits per heavy atom. The van der Waals surface area contributed by atoms with Crippen LogP contribution in [0.4, 0.5) is 4.79 Å². The van der Waals surface area contributed by atoms with Crippen LogP contribution in [0.3, 0.4) is 0 Å². The second-order valence-electron chi connectivity index (χ2n) is 3.74. The van der Waals surface area contributed by atoms with E-state index in [1.54, 1.807) is 32.4 Å². The van der Waals surface area contributed by atoms with Crippen molar-refractivity contribution >= 4 is 27.9 Å². The van der Waals surface area contributed by atoms with E-state index in [0.717, 1.165) is 4.47 Å². The van der Waals surface area contributed by atoms with Crippen molar-refractivity contribution in [3.8, 4) is 0 Å². The lowest BCUT2D eigenvalue weighted by Gasteiger charge is -2.12. The van der Waals surface area contributed by atoms with Crippen molar-refractivity contribution in [3.63, 3.8) is 0 Å². The summed E-state index contributed by atoms with van der Waals surface area (Å²) >= 11 is 3.24. The normalized spacial score (nSPS) is 9.72. The van der Waals surface area contributed by atoms with Gasteiger partial charge in [0.05, 0.1) is 0 Å². The number of hydrogen-bond acceptors (Lipinski definition) is 3. The lowest BCUT2D eigenvalue weighted by Crippen LogP contribution is -2.39. The van der Waals surface area contributed by atoms with Gasteiger partial charge in [-0.25, -0.2) is 9.78 Å². The molecule has 0 bridgehead atoms. The maximum absolute atomic E-state index is 11.6. The number of carbonyl (C=O) groups is 2. The van der Waals surface area contributed by atoms with Gasteiger partial charge in [-0.1, -0.05) is 0 Å². The standard InChI is InChI=1S/C11H15BrN4O2/c1-16(2)11(18)14-6-5-13-10(17)9-4-3-8(12)7-15-9/h3-4,7H,5-6H2,1-2H3,(H,13,17)(H,14,18). The molecule has 3 amide bonds. The highest BCUT2D eigenvalue weighted by Crippen LogP contribution is 2.06. The zero-order valence-corrected chi connectivity index (χ0v) is 11.8. The number of amides is 3. The lowest BCUT2D eigenvalue weighted by atomic mass is 10.3. The average Bonchev–Trinajstić information content (AvgIpc) is 2.34. The number of pyridine rings is 1. The third-order valence-corrected chi connectivity index (χ3v) is 2.52. The van der Waals surface area contributed by atoms with Gasteiger partial charge in [-0.3, -0.25) is 4.79 Å². The molecule has 0 aromatic carbocycles. The van der Waals surface area contributed by atoms with Gasteiger partial charge < -0.3 is 15.5 Å². The Morgan fingerprint density at radius 2 is 1.94 bits per heavy atom. The highest BCUT2D eigenvalue weighted by atomic mass is 79.9. The van der Waals surface area contributed by atoms with E-state index in [4.69, 9.17) is 0 Å². The number of hydrogen-bond donors (Lipinski definition) is 2. The van der Waals surface area contributed by atoms with Crippen molar-refractivity contribution < 1.29 is 9.59 Å². The minimum Gasteiger partial charge on any atom is -0.349 e. The topological polar surface area (TPSA) is 74.3 Å². The molecule has 1 aromatic heterocycles. The Morgan fingerprint density at radius 1 is 1.28 bits per heavy atom. The zero-order valence-electron chi connectivity index (χ0n) is 10.2. The van der Waals surface area contributed by atoms with E-state index in [0.29, 0.717) is 18.8 Å². The van der Waals surface area contributed by atoms with Crippen LogP contribution in [0, 0.1) is 0 Å². The van der Waals surface area contributed by atoms with Crippen molar-refractivity contribution in [1.82, 2.24) is 20.5 Å². The highest BCUT2D eigenvalue weighted by molar-refractivity contribution is 9.10. The third kappa shape index (κ3) is 4.70. The summed E-state index contributed by atoms with van der Waals surface area (Å²) in [7, 11) is 3.30. The first kappa shape index (κ1) is 14.4. The van der Waals surface area contributed by atoms with Gasteiger partial charge >= 0.3 is 6.03 Å². The van der Waals surface area contributed by atoms with Crippen molar-refractivity contribution in [3.05, 3.63) is 28.5 Å². The van der Waals surface area contributed by atoms with Gasteiger partial charge in [0.1, 0.15) is 5.69 Å². The summed E-state index contributed by atoms with van der Waals surface area (Å²) in [4.78, 5) is 28.2. The molecule has 6 nitrogen and oxygen atoms in total. The summed E-state index contributed by atoms with van der Waals surface area (Å²) in [5.74, 6) is -0.262. The lowest BCUT2D eigenvalue weighted by molar-refractivity contribution is 0.0948. The first-order valence-corrected chi connectivity index (χ1v) is 6.15. The summed E-state index contributed by atoms with van der Waals surface area (Å²) in [5.41, 5.74) is 0.345.